The number of amides is 2. The minimum absolute atomic E-state index is 0.140. The average molecular weight is 274 g/mol. The van der Waals surface area contributed by atoms with Gasteiger partial charge in [0.1, 0.15) is 5.76 Å². The van der Waals surface area contributed by atoms with E-state index in [4.69, 9.17) is 4.52 Å². The van der Waals surface area contributed by atoms with E-state index in [-0.39, 0.29) is 11.4 Å². The molecule has 6 nitrogen and oxygen atoms in total. The minimum atomic E-state index is -0.331. The molecule has 0 saturated heterocycles. The van der Waals surface area contributed by atoms with Gasteiger partial charge < -0.3 is 9.84 Å². The highest BCUT2D eigenvalue weighted by Crippen LogP contribution is 2.24. The molecule has 0 fully saturated rings. The van der Waals surface area contributed by atoms with Crippen molar-refractivity contribution in [3.8, 4) is 0 Å². The van der Waals surface area contributed by atoms with Crippen LogP contribution in [-0.2, 0) is 12.0 Å². The summed E-state index contributed by atoms with van der Waals surface area (Å²) < 4.78 is 5.19. The fourth-order valence-corrected chi connectivity index (χ4v) is 1.53. The van der Waals surface area contributed by atoms with Crippen LogP contribution in [0.5, 0.6) is 0 Å². The second-order valence-electron chi connectivity index (χ2n) is 5.50. The summed E-state index contributed by atoms with van der Waals surface area (Å²) in [6.45, 7) is 6.45. The third-order valence-corrected chi connectivity index (χ3v) is 2.67. The number of aromatic nitrogens is 2. The van der Waals surface area contributed by atoms with Crippen molar-refractivity contribution in [1.82, 2.24) is 15.5 Å². The van der Waals surface area contributed by atoms with Crippen molar-refractivity contribution >= 4 is 11.8 Å². The van der Waals surface area contributed by atoms with Crippen LogP contribution in [0.15, 0.2) is 35.1 Å². The van der Waals surface area contributed by atoms with Crippen LogP contribution >= 0.6 is 0 Å². The molecule has 2 heterocycles. The van der Waals surface area contributed by atoms with E-state index in [9.17, 15) is 4.79 Å². The van der Waals surface area contributed by atoms with Crippen LogP contribution in [0.2, 0.25) is 0 Å². The molecule has 0 aliphatic carbocycles. The molecule has 0 aliphatic heterocycles. The van der Waals surface area contributed by atoms with Crippen molar-refractivity contribution in [1.29, 1.82) is 0 Å². The van der Waals surface area contributed by atoms with Crippen molar-refractivity contribution in [3.63, 3.8) is 0 Å². The molecule has 0 saturated carbocycles. The zero-order valence-electron chi connectivity index (χ0n) is 11.8. The molecular formula is C14H18N4O2. The lowest BCUT2D eigenvalue weighted by molar-refractivity contribution is 0.251. The standard InChI is InChI=1S/C14H18N4O2/c1-14(2,3)11-7-12(18-20-11)17-13(19)16-9-10-5-4-6-15-8-10/h4-8H,9H2,1-3H3,(H2,16,17,18,19). The van der Waals surface area contributed by atoms with Gasteiger partial charge in [0, 0.05) is 30.4 Å². The Morgan fingerprint density at radius 2 is 2.20 bits per heavy atom. The molecule has 106 valence electrons. The van der Waals surface area contributed by atoms with Gasteiger partial charge in [-0.05, 0) is 11.6 Å². The molecule has 6 heteroatoms. The quantitative estimate of drug-likeness (QED) is 0.901. The lowest BCUT2D eigenvalue weighted by Gasteiger charge is -2.12. The molecule has 20 heavy (non-hydrogen) atoms. The molecule has 0 aromatic carbocycles. The predicted octanol–water partition coefficient (Wildman–Crippen LogP) is 2.69. The number of rotatable bonds is 3. The van der Waals surface area contributed by atoms with Gasteiger partial charge in [0.05, 0.1) is 0 Å². The number of carbonyl (C=O) groups excluding carboxylic acids is 1. The fourth-order valence-electron chi connectivity index (χ4n) is 1.53. The molecular weight excluding hydrogens is 256 g/mol. The second-order valence-corrected chi connectivity index (χ2v) is 5.50. The normalized spacial score (nSPS) is 11.2. The topological polar surface area (TPSA) is 80.0 Å². The van der Waals surface area contributed by atoms with E-state index in [1.54, 1.807) is 18.5 Å². The van der Waals surface area contributed by atoms with Crippen LogP contribution in [-0.4, -0.2) is 16.2 Å². The second kappa shape index (κ2) is 5.73. The van der Waals surface area contributed by atoms with E-state index in [0.717, 1.165) is 11.3 Å². The van der Waals surface area contributed by atoms with E-state index in [1.165, 1.54) is 0 Å². The number of anilines is 1. The SMILES string of the molecule is CC(C)(C)c1cc(NC(=O)NCc2cccnc2)no1. The molecule has 0 atom stereocenters. The van der Waals surface area contributed by atoms with Gasteiger partial charge in [-0.1, -0.05) is 32.0 Å². The molecule has 0 spiro atoms. The molecule has 0 radical (unpaired) electrons. The summed E-state index contributed by atoms with van der Waals surface area (Å²) in [4.78, 5) is 15.7. The van der Waals surface area contributed by atoms with Gasteiger partial charge in [0.15, 0.2) is 5.82 Å². The fraction of sp³-hybridized carbons (Fsp3) is 0.357. The summed E-state index contributed by atoms with van der Waals surface area (Å²) in [5.74, 6) is 1.12. The third kappa shape index (κ3) is 3.81. The average Bonchev–Trinajstić information content (AvgIpc) is 2.86. The van der Waals surface area contributed by atoms with Gasteiger partial charge in [0.2, 0.25) is 0 Å². The number of nitrogens with zero attached hydrogens (tertiary/aromatic N) is 2. The van der Waals surface area contributed by atoms with Gasteiger partial charge in [-0.25, -0.2) is 4.79 Å². The van der Waals surface area contributed by atoms with Gasteiger partial charge in [-0.3, -0.25) is 10.3 Å². The highest BCUT2D eigenvalue weighted by molar-refractivity contribution is 5.88. The lowest BCUT2D eigenvalue weighted by Crippen LogP contribution is -2.28. The molecule has 2 N–H and O–H groups in total. The summed E-state index contributed by atoms with van der Waals surface area (Å²) in [6.07, 6.45) is 3.39. The summed E-state index contributed by atoms with van der Waals surface area (Å²) in [6, 6.07) is 5.11. The summed E-state index contributed by atoms with van der Waals surface area (Å²) >= 11 is 0. The van der Waals surface area contributed by atoms with Crippen LogP contribution in [0.4, 0.5) is 10.6 Å². The summed E-state index contributed by atoms with van der Waals surface area (Å²) in [5.41, 5.74) is 0.789. The first-order chi connectivity index (χ1) is 9.45. The number of nitrogens with one attached hydrogen (secondary N) is 2. The Kier molecular flexibility index (Phi) is 4.02. The Labute approximate surface area is 117 Å². The number of hydrogen-bond donors (Lipinski definition) is 2. The van der Waals surface area contributed by atoms with Crippen molar-refractivity contribution in [2.45, 2.75) is 32.7 Å². The zero-order chi connectivity index (χ0) is 14.6. The molecule has 0 bridgehead atoms. The van der Waals surface area contributed by atoms with Crippen LogP contribution in [0, 0.1) is 0 Å². The number of pyridine rings is 1. The van der Waals surface area contributed by atoms with E-state index < -0.39 is 0 Å². The Morgan fingerprint density at radius 1 is 1.40 bits per heavy atom. The molecule has 2 amide bonds. The maximum Gasteiger partial charge on any atom is 0.320 e. The molecule has 2 aromatic heterocycles. The van der Waals surface area contributed by atoms with Crippen LogP contribution < -0.4 is 10.6 Å². The van der Waals surface area contributed by atoms with Crippen molar-refractivity contribution in [3.05, 3.63) is 41.9 Å². The monoisotopic (exact) mass is 274 g/mol. The van der Waals surface area contributed by atoms with Crippen molar-refractivity contribution in [2.24, 2.45) is 0 Å². The Bertz CT molecular complexity index is 572. The van der Waals surface area contributed by atoms with Crippen LogP contribution in [0.3, 0.4) is 0 Å². The zero-order valence-corrected chi connectivity index (χ0v) is 11.8. The first-order valence-corrected chi connectivity index (χ1v) is 6.36. The first kappa shape index (κ1) is 14.0. The van der Waals surface area contributed by atoms with E-state index in [0.29, 0.717) is 12.4 Å². The molecule has 2 aromatic rings. The highest BCUT2D eigenvalue weighted by Gasteiger charge is 2.20. The summed E-state index contributed by atoms with van der Waals surface area (Å²) in [7, 11) is 0. The van der Waals surface area contributed by atoms with E-state index in [1.807, 2.05) is 32.9 Å². The predicted molar refractivity (Wildman–Crippen MR) is 75.3 cm³/mol. The van der Waals surface area contributed by atoms with Gasteiger partial charge in [0.25, 0.3) is 0 Å². The van der Waals surface area contributed by atoms with Crippen molar-refractivity contribution < 1.29 is 9.32 Å². The molecule has 2 rings (SSSR count). The van der Waals surface area contributed by atoms with Crippen LogP contribution in [0.1, 0.15) is 32.1 Å². The maximum absolute atomic E-state index is 11.7. The van der Waals surface area contributed by atoms with Gasteiger partial charge in [-0.15, -0.1) is 0 Å². The minimum Gasteiger partial charge on any atom is -0.359 e. The third-order valence-electron chi connectivity index (χ3n) is 2.67. The highest BCUT2D eigenvalue weighted by atomic mass is 16.5. The maximum atomic E-state index is 11.7. The number of carbonyl (C=O) groups is 1. The largest absolute Gasteiger partial charge is 0.359 e. The Balaban J connectivity index is 1.87. The first-order valence-electron chi connectivity index (χ1n) is 6.36. The molecule has 0 aliphatic rings. The lowest BCUT2D eigenvalue weighted by atomic mass is 9.93. The van der Waals surface area contributed by atoms with Gasteiger partial charge in [-0.2, -0.15) is 0 Å². The number of hydrogen-bond acceptors (Lipinski definition) is 4. The van der Waals surface area contributed by atoms with E-state index >= 15 is 0 Å². The smallest absolute Gasteiger partial charge is 0.320 e. The van der Waals surface area contributed by atoms with Gasteiger partial charge >= 0.3 is 6.03 Å². The Hall–Kier alpha value is -2.37. The molecule has 0 unspecified atom stereocenters. The van der Waals surface area contributed by atoms with E-state index in [2.05, 4.69) is 20.8 Å². The number of urea groups is 1. The summed E-state index contributed by atoms with van der Waals surface area (Å²) in [5, 5.41) is 9.17. The Morgan fingerprint density at radius 3 is 2.80 bits per heavy atom. The van der Waals surface area contributed by atoms with Crippen LogP contribution in [0.25, 0.3) is 0 Å². The van der Waals surface area contributed by atoms with Crippen molar-refractivity contribution in [2.75, 3.05) is 5.32 Å².